The molecule has 1 atom stereocenters. The Morgan fingerprint density at radius 2 is 2.50 bits per heavy atom. The summed E-state index contributed by atoms with van der Waals surface area (Å²) in [6.07, 6.45) is 2.10. The first-order valence-electron chi connectivity index (χ1n) is 5.37. The fraction of sp³-hybridized carbons (Fsp3) is 0.545. The lowest BCUT2D eigenvalue weighted by molar-refractivity contribution is 0.0954. The fourth-order valence-electron chi connectivity index (χ4n) is 1.72. The first kappa shape index (κ1) is 11.9. The zero-order valence-corrected chi connectivity index (χ0v) is 10.4. The molecular formula is C11H14ClNO2S. The van der Waals surface area contributed by atoms with Crippen LogP contribution in [0.4, 0.5) is 0 Å². The molecular weight excluding hydrogens is 246 g/mol. The molecule has 1 aromatic rings. The van der Waals surface area contributed by atoms with Gasteiger partial charge in [-0.15, -0.1) is 11.3 Å². The largest absolute Gasteiger partial charge is 0.381 e. The van der Waals surface area contributed by atoms with E-state index in [1.807, 2.05) is 0 Å². The van der Waals surface area contributed by atoms with Crippen molar-refractivity contribution in [1.82, 2.24) is 5.32 Å². The van der Waals surface area contributed by atoms with E-state index in [1.54, 1.807) is 12.1 Å². The Balaban J connectivity index is 1.71. The topological polar surface area (TPSA) is 38.3 Å². The van der Waals surface area contributed by atoms with Gasteiger partial charge in [0.25, 0.3) is 5.91 Å². The lowest BCUT2D eigenvalue weighted by Gasteiger charge is -2.07. The van der Waals surface area contributed by atoms with E-state index >= 15 is 0 Å². The zero-order valence-electron chi connectivity index (χ0n) is 8.87. The summed E-state index contributed by atoms with van der Waals surface area (Å²) in [5.41, 5.74) is 0. The minimum absolute atomic E-state index is 0.0317. The van der Waals surface area contributed by atoms with Crippen LogP contribution in [0.2, 0.25) is 4.34 Å². The molecule has 1 fully saturated rings. The molecule has 1 aliphatic rings. The molecule has 1 saturated heterocycles. The van der Waals surface area contributed by atoms with Gasteiger partial charge in [0.05, 0.1) is 9.21 Å². The molecule has 0 saturated carbocycles. The summed E-state index contributed by atoms with van der Waals surface area (Å²) < 4.78 is 5.92. The molecule has 0 aromatic carbocycles. The third-order valence-corrected chi connectivity index (χ3v) is 3.89. The second kappa shape index (κ2) is 5.66. The van der Waals surface area contributed by atoms with E-state index in [1.165, 1.54) is 11.3 Å². The van der Waals surface area contributed by atoms with Crippen molar-refractivity contribution in [3.05, 3.63) is 21.3 Å². The molecule has 5 heteroatoms. The van der Waals surface area contributed by atoms with Gasteiger partial charge in [-0.3, -0.25) is 4.79 Å². The van der Waals surface area contributed by atoms with Crippen LogP contribution in [0, 0.1) is 5.92 Å². The molecule has 0 bridgehead atoms. The van der Waals surface area contributed by atoms with Gasteiger partial charge in [-0.25, -0.2) is 0 Å². The average molecular weight is 260 g/mol. The standard InChI is InChI=1S/C11H14ClNO2S/c12-10-2-1-9(16-10)11(14)13-5-3-8-4-6-15-7-8/h1-2,8H,3-7H2,(H,13,14). The smallest absolute Gasteiger partial charge is 0.261 e. The molecule has 1 unspecified atom stereocenters. The van der Waals surface area contributed by atoms with E-state index in [4.69, 9.17) is 16.3 Å². The summed E-state index contributed by atoms with van der Waals surface area (Å²) in [4.78, 5) is 12.3. The van der Waals surface area contributed by atoms with Crippen LogP contribution >= 0.6 is 22.9 Å². The maximum absolute atomic E-state index is 11.6. The monoisotopic (exact) mass is 259 g/mol. The van der Waals surface area contributed by atoms with Gasteiger partial charge in [-0.2, -0.15) is 0 Å². The first-order chi connectivity index (χ1) is 7.75. The number of hydrogen-bond donors (Lipinski definition) is 1. The summed E-state index contributed by atoms with van der Waals surface area (Å²) in [6, 6.07) is 3.49. The number of ether oxygens (including phenoxy) is 1. The molecule has 1 aliphatic heterocycles. The third kappa shape index (κ3) is 3.20. The lowest BCUT2D eigenvalue weighted by Crippen LogP contribution is -2.25. The normalized spacial score (nSPS) is 19.9. The summed E-state index contributed by atoms with van der Waals surface area (Å²) in [7, 11) is 0. The van der Waals surface area contributed by atoms with Crippen LogP contribution in [-0.2, 0) is 4.74 Å². The fourth-order valence-corrected chi connectivity index (χ4v) is 2.68. The summed E-state index contributed by atoms with van der Waals surface area (Å²) in [5, 5.41) is 2.90. The second-order valence-corrected chi connectivity index (χ2v) is 5.59. The SMILES string of the molecule is O=C(NCCC1CCOC1)c1ccc(Cl)s1. The third-order valence-electron chi connectivity index (χ3n) is 2.66. The molecule has 3 nitrogen and oxygen atoms in total. The number of amides is 1. The molecule has 2 rings (SSSR count). The van der Waals surface area contributed by atoms with E-state index in [2.05, 4.69) is 5.32 Å². The Kier molecular flexibility index (Phi) is 4.21. The average Bonchev–Trinajstić information content (AvgIpc) is 2.89. The Morgan fingerprint density at radius 1 is 1.62 bits per heavy atom. The molecule has 1 N–H and O–H groups in total. The molecule has 88 valence electrons. The Hall–Kier alpha value is -0.580. The van der Waals surface area contributed by atoms with Crippen LogP contribution in [0.15, 0.2) is 12.1 Å². The lowest BCUT2D eigenvalue weighted by atomic mass is 10.1. The van der Waals surface area contributed by atoms with Crippen LogP contribution in [-0.4, -0.2) is 25.7 Å². The van der Waals surface area contributed by atoms with Crippen molar-refractivity contribution in [1.29, 1.82) is 0 Å². The zero-order chi connectivity index (χ0) is 11.4. The van der Waals surface area contributed by atoms with Crippen molar-refractivity contribution < 1.29 is 9.53 Å². The van der Waals surface area contributed by atoms with Crippen molar-refractivity contribution in [2.45, 2.75) is 12.8 Å². The summed E-state index contributed by atoms with van der Waals surface area (Å²) in [5.74, 6) is 0.572. The second-order valence-electron chi connectivity index (χ2n) is 3.88. The minimum Gasteiger partial charge on any atom is -0.381 e. The number of carbonyl (C=O) groups excluding carboxylic acids is 1. The predicted octanol–water partition coefficient (Wildman–Crippen LogP) is 2.56. The summed E-state index contributed by atoms with van der Waals surface area (Å²) in [6.45, 7) is 2.40. The van der Waals surface area contributed by atoms with E-state index in [0.717, 1.165) is 26.1 Å². The molecule has 1 aromatic heterocycles. The highest BCUT2D eigenvalue weighted by Crippen LogP contribution is 2.21. The summed E-state index contributed by atoms with van der Waals surface area (Å²) >= 11 is 7.07. The highest BCUT2D eigenvalue weighted by Gasteiger charge is 2.15. The van der Waals surface area contributed by atoms with Crippen molar-refractivity contribution in [2.75, 3.05) is 19.8 Å². The van der Waals surface area contributed by atoms with Gasteiger partial charge >= 0.3 is 0 Å². The maximum atomic E-state index is 11.6. The van der Waals surface area contributed by atoms with Crippen LogP contribution in [0.5, 0.6) is 0 Å². The van der Waals surface area contributed by atoms with E-state index in [0.29, 0.717) is 21.7 Å². The van der Waals surface area contributed by atoms with Gasteiger partial charge in [-0.1, -0.05) is 11.6 Å². The van der Waals surface area contributed by atoms with Crippen molar-refractivity contribution >= 4 is 28.8 Å². The Bertz CT molecular complexity index is 361. The van der Waals surface area contributed by atoms with E-state index in [9.17, 15) is 4.79 Å². The van der Waals surface area contributed by atoms with Crippen molar-refractivity contribution in [2.24, 2.45) is 5.92 Å². The van der Waals surface area contributed by atoms with Crippen LogP contribution in [0.3, 0.4) is 0 Å². The number of carbonyl (C=O) groups is 1. The van der Waals surface area contributed by atoms with Gasteiger partial charge < -0.3 is 10.1 Å². The van der Waals surface area contributed by atoms with Crippen LogP contribution in [0.25, 0.3) is 0 Å². The molecule has 1 amide bonds. The number of rotatable bonds is 4. The first-order valence-corrected chi connectivity index (χ1v) is 6.56. The number of hydrogen-bond acceptors (Lipinski definition) is 3. The Labute approximate surface area is 104 Å². The van der Waals surface area contributed by atoms with Crippen molar-refractivity contribution in [3.8, 4) is 0 Å². The van der Waals surface area contributed by atoms with E-state index < -0.39 is 0 Å². The molecule has 0 spiro atoms. The van der Waals surface area contributed by atoms with Gasteiger partial charge in [-0.05, 0) is 30.9 Å². The number of thiophene rings is 1. The highest BCUT2D eigenvalue weighted by atomic mass is 35.5. The molecule has 16 heavy (non-hydrogen) atoms. The molecule has 2 heterocycles. The van der Waals surface area contributed by atoms with Gasteiger partial charge in [0, 0.05) is 19.8 Å². The maximum Gasteiger partial charge on any atom is 0.261 e. The Morgan fingerprint density at radius 3 is 3.12 bits per heavy atom. The van der Waals surface area contributed by atoms with E-state index in [-0.39, 0.29) is 5.91 Å². The predicted molar refractivity (Wildman–Crippen MR) is 65.2 cm³/mol. The van der Waals surface area contributed by atoms with Gasteiger partial charge in [0.1, 0.15) is 0 Å². The van der Waals surface area contributed by atoms with Crippen LogP contribution < -0.4 is 5.32 Å². The highest BCUT2D eigenvalue weighted by molar-refractivity contribution is 7.17. The van der Waals surface area contributed by atoms with Crippen LogP contribution in [0.1, 0.15) is 22.5 Å². The van der Waals surface area contributed by atoms with Gasteiger partial charge in [0.15, 0.2) is 0 Å². The minimum atomic E-state index is -0.0317. The number of nitrogens with one attached hydrogen (secondary N) is 1. The van der Waals surface area contributed by atoms with Crippen molar-refractivity contribution in [3.63, 3.8) is 0 Å². The molecule has 0 radical (unpaired) electrons. The number of halogens is 1. The molecule has 0 aliphatic carbocycles. The van der Waals surface area contributed by atoms with Gasteiger partial charge in [0.2, 0.25) is 0 Å². The quantitative estimate of drug-likeness (QED) is 0.903.